The van der Waals surface area contributed by atoms with Crippen LogP contribution in [-0.4, -0.2) is 11.0 Å². The average Bonchev–Trinajstić information content (AvgIpc) is 2.89. The molecular formula is C15H16N2O. The van der Waals surface area contributed by atoms with Gasteiger partial charge >= 0.3 is 0 Å². The number of fused-ring (bicyclic) bond motifs is 1. The quantitative estimate of drug-likeness (QED) is 0.809. The number of hydrogen-bond donors (Lipinski definition) is 2. The molecule has 1 heterocycles. The summed E-state index contributed by atoms with van der Waals surface area (Å²) in [5.41, 5.74) is 1.71. The molecular weight excluding hydrogens is 224 g/mol. The maximum absolute atomic E-state index is 11.9. The molecule has 0 aliphatic heterocycles. The van der Waals surface area contributed by atoms with Crippen LogP contribution in [0.4, 0.5) is 0 Å². The molecule has 3 nitrogen and oxygen atoms in total. The molecule has 0 atom stereocenters. The van der Waals surface area contributed by atoms with Crippen molar-refractivity contribution in [2.45, 2.75) is 25.4 Å². The molecule has 0 saturated carbocycles. The first-order chi connectivity index (χ1) is 8.83. The summed E-state index contributed by atoms with van der Waals surface area (Å²) in [6.07, 6.45) is 6.49. The molecule has 2 aromatic rings. The highest BCUT2D eigenvalue weighted by molar-refractivity contribution is 5.78. The van der Waals surface area contributed by atoms with Gasteiger partial charge in [-0.3, -0.25) is 4.79 Å². The Morgan fingerprint density at radius 2 is 2.00 bits per heavy atom. The van der Waals surface area contributed by atoms with Crippen molar-refractivity contribution in [1.82, 2.24) is 10.3 Å². The summed E-state index contributed by atoms with van der Waals surface area (Å²) in [7, 11) is 0. The summed E-state index contributed by atoms with van der Waals surface area (Å²) in [5.74, 6) is 0. The van der Waals surface area contributed by atoms with Crippen molar-refractivity contribution < 1.29 is 0 Å². The van der Waals surface area contributed by atoms with Gasteiger partial charge in [0.1, 0.15) is 0 Å². The zero-order valence-electron chi connectivity index (χ0n) is 10.1. The normalized spacial score (nSPS) is 15.6. The predicted octanol–water partition coefficient (Wildman–Crippen LogP) is 2.34. The Balaban J connectivity index is 1.82. The molecule has 0 bridgehead atoms. The number of hydrogen-bond acceptors (Lipinski definition) is 2. The fraction of sp³-hybridized carbons (Fsp3) is 0.267. The van der Waals surface area contributed by atoms with Crippen LogP contribution in [0.15, 0.2) is 47.3 Å². The van der Waals surface area contributed by atoms with Gasteiger partial charge in [-0.05, 0) is 30.4 Å². The number of H-pyrrole nitrogens is 1. The smallest absolute Gasteiger partial charge is 0.252 e. The molecule has 18 heavy (non-hydrogen) atoms. The molecule has 3 heteroatoms. The van der Waals surface area contributed by atoms with E-state index in [4.69, 9.17) is 0 Å². The maximum Gasteiger partial charge on any atom is 0.252 e. The summed E-state index contributed by atoms with van der Waals surface area (Å²) in [6, 6.07) is 10.3. The first-order valence-corrected chi connectivity index (χ1v) is 6.32. The third-order valence-corrected chi connectivity index (χ3v) is 3.42. The second-order valence-corrected chi connectivity index (χ2v) is 4.73. The fourth-order valence-electron chi connectivity index (χ4n) is 2.36. The van der Waals surface area contributed by atoms with Crippen molar-refractivity contribution in [2.24, 2.45) is 0 Å². The molecule has 1 aliphatic carbocycles. The van der Waals surface area contributed by atoms with Crippen LogP contribution in [0.25, 0.3) is 10.9 Å². The van der Waals surface area contributed by atoms with Gasteiger partial charge in [0.2, 0.25) is 0 Å². The molecule has 92 valence electrons. The van der Waals surface area contributed by atoms with Crippen molar-refractivity contribution in [3.63, 3.8) is 0 Å². The summed E-state index contributed by atoms with van der Waals surface area (Å²) in [5, 5.41) is 4.50. The van der Waals surface area contributed by atoms with Crippen LogP contribution in [0.2, 0.25) is 0 Å². The number of pyridine rings is 1. The van der Waals surface area contributed by atoms with Crippen LogP contribution in [-0.2, 0) is 6.54 Å². The Labute approximate surface area is 106 Å². The van der Waals surface area contributed by atoms with Crippen LogP contribution >= 0.6 is 0 Å². The van der Waals surface area contributed by atoms with Gasteiger partial charge in [0.05, 0.1) is 0 Å². The first-order valence-electron chi connectivity index (χ1n) is 6.32. The van der Waals surface area contributed by atoms with E-state index >= 15 is 0 Å². The number of aromatic amines is 1. The monoisotopic (exact) mass is 240 g/mol. The number of nitrogens with one attached hydrogen (secondary N) is 2. The van der Waals surface area contributed by atoms with E-state index in [0.29, 0.717) is 12.6 Å². The zero-order valence-corrected chi connectivity index (χ0v) is 10.1. The largest absolute Gasteiger partial charge is 0.322 e. The molecule has 1 aliphatic rings. The van der Waals surface area contributed by atoms with Gasteiger partial charge in [0, 0.05) is 23.7 Å². The van der Waals surface area contributed by atoms with Gasteiger partial charge < -0.3 is 10.3 Å². The highest BCUT2D eigenvalue weighted by Gasteiger charge is 2.10. The van der Waals surface area contributed by atoms with Gasteiger partial charge in [-0.1, -0.05) is 30.4 Å². The lowest BCUT2D eigenvalue weighted by Gasteiger charge is -2.11. The molecule has 1 aromatic carbocycles. The number of aromatic nitrogens is 1. The third kappa shape index (κ3) is 2.22. The van der Waals surface area contributed by atoms with Gasteiger partial charge in [-0.2, -0.15) is 0 Å². The van der Waals surface area contributed by atoms with Crippen LogP contribution in [0.5, 0.6) is 0 Å². The topological polar surface area (TPSA) is 44.9 Å². The van der Waals surface area contributed by atoms with E-state index in [1.54, 1.807) is 0 Å². The Kier molecular flexibility index (Phi) is 2.99. The Morgan fingerprint density at radius 1 is 1.22 bits per heavy atom. The van der Waals surface area contributed by atoms with Gasteiger partial charge in [-0.25, -0.2) is 0 Å². The lowest BCUT2D eigenvalue weighted by Crippen LogP contribution is -2.28. The molecule has 0 unspecified atom stereocenters. The lowest BCUT2D eigenvalue weighted by molar-refractivity contribution is 0.537. The van der Waals surface area contributed by atoms with Crippen molar-refractivity contribution in [3.05, 3.63) is 58.4 Å². The van der Waals surface area contributed by atoms with E-state index < -0.39 is 0 Å². The average molecular weight is 240 g/mol. The fourth-order valence-corrected chi connectivity index (χ4v) is 2.36. The van der Waals surface area contributed by atoms with Crippen molar-refractivity contribution >= 4 is 10.9 Å². The van der Waals surface area contributed by atoms with Crippen LogP contribution in [0, 0.1) is 0 Å². The lowest BCUT2D eigenvalue weighted by atomic mass is 10.1. The van der Waals surface area contributed by atoms with E-state index in [0.717, 1.165) is 29.3 Å². The number of rotatable bonds is 3. The van der Waals surface area contributed by atoms with Crippen LogP contribution in [0.1, 0.15) is 18.4 Å². The van der Waals surface area contributed by atoms with Gasteiger partial charge in [0.15, 0.2) is 0 Å². The van der Waals surface area contributed by atoms with E-state index in [-0.39, 0.29) is 5.56 Å². The SMILES string of the molecule is O=c1[nH]c2ccccc2cc1CNC1CC=CC1. The molecule has 0 fully saturated rings. The summed E-state index contributed by atoms with van der Waals surface area (Å²) >= 11 is 0. The Morgan fingerprint density at radius 3 is 2.83 bits per heavy atom. The van der Waals surface area contributed by atoms with E-state index in [9.17, 15) is 4.79 Å². The van der Waals surface area contributed by atoms with Crippen molar-refractivity contribution in [1.29, 1.82) is 0 Å². The Hall–Kier alpha value is -1.87. The number of benzene rings is 1. The second-order valence-electron chi connectivity index (χ2n) is 4.73. The summed E-state index contributed by atoms with van der Waals surface area (Å²) in [4.78, 5) is 14.8. The second kappa shape index (κ2) is 4.78. The highest BCUT2D eigenvalue weighted by Crippen LogP contribution is 2.12. The van der Waals surface area contributed by atoms with Crippen molar-refractivity contribution in [3.8, 4) is 0 Å². The highest BCUT2D eigenvalue weighted by atomic mass is 16.1. The minimum atomic E-state index is 0.00663. The molecule has 0 radical (unpaired) electrons. The minimum absolute atomic E-state index is 0.00663. The molecule has 3 rings (SSSR count). The number of para-hydroxylation sites is 1. The van der Waals surface area contributed by atoms with Crippen molar-refractivity contribution in [2.75, 3.05) is 0 Å². The molecule has 1 aromatic heterocycles. The van der Waals surface area contributed by atoms with Gasteiger partial charge in [0.25, 0.3) is 5.56 Å². The predicted molar refractivity (Wildman–Crippen MR) is 73.6 cm³/mol. The standard InChI is InChI=1S/C15H16N2O/c18-15-12(10-16-13-6-2-3-7-13)9-11-5-1-4-8-14(11)17-15/h1-5,8-9,13,16H,6-7,10H2,(H,17,18). The van der Waals surface area contributed by atoms with Crippen LogP contribution < -0.4 is 10.9 Å². The Bertz CT molecular complexity index is 634. The molecule has 2 N–H and O–H groups in total. The van der Waals surface area contributed by atoms with E-state index in [2.05, 4.69) is 22.5 Å². The van der Waals surface area contributed by atoms with Gasteiger partial charge in [-0.15, -0.1) is 0 Å². The third-order valence-electron chi connectivity index (χ3n) is 3.42. The summed E-state index contributed by atoms with van der Waals surface area (Å²) < 4.78 is 0. The van der Waals surface area contributed by atoms with E-state index in [1.807, 2.05) is 30.3 Å². The minimum Gasteiger partial charge on any atom is -0.322 e. The van der Waals surface area contributed by atoms with E-state index in [1.165, 1.54) is 0 Å². The first kappa shape index (κ1) is 11.2. The van der Waals surface area contributed by atoms with Crippen LogP contribution in [0.3, 0.4) is 0 Å². The zero-order chi connectivity index (χ0) is 12.4. The molecule has 0 saturated heterocycles. The molecule has 0 spiro atoms. The maximum atomic E-state index is 11.9. The summed E-state index contributed by atoms with van der Waals surface area (Å²) in [6.45, 7) is 0.631. The molecule has 0 amide bonds.